The topological polar surface area (TPSA) is 84.5 Å². The third-order valence-corrected chi connectivity index (χ3v) is 4.76. The summed E-state index contributed by atoms with van der Waals surface area (Å²) in [5.74, 6) is -0.219. The van der Waals surface area contributed by atoms with Crippen molar-refractivity contribution in [3.05, 3.63) is 42.5 Å². The van der Waals surface area contributed by atoms with Gasteiger partial charge in [-0.15, -0.1) is 0 Å². The molecule has 0 aromatic heterocycles. The van der Waals surface area contributed by atoms with E-state index >= 15 is 0 Å². The SMILES string of the molecule is COCCNC(=O)CCNS(=O)(=O)c1ccc2ccccc2c1. The molecule has 2 rings (SSSR count). The van der Waals surface area contributed by atoms with Crippen LogP contribution in [0.15, 0.2) is 47.4 Å². The van der Waals surface area contributed by atoms with Gasteiger partial charge < -0.3 is 10.1 Å². The molecule has 0 bridgehead atoms. The van der Waals surface area contributed by atoms with Gasteiger partial charge in [0, 0.05) is 26.6 Å². The molecule has 2 N–H and O–H groups in total. The number of ether oxygens (including phenoxy) is 1. The lowest BCUT2D eigenvalue weighted by Gasteiger charge is -2.08. The molecule has 0 aliphatic heterocycles. The van der Waals surface area contributed by atoms with Crippen molar-refractivity contribution in [2.45, 2.75) is 11.3 Å². The lowest BCUT2D eigenvalue weighted by atomic mass is 10.1. The minimum atomic E-state index is -3.63. The Morgan fingerprint density at radius 1 is 1.09 bits per heavy atom. The summed E-state index contributed by atoms with van der Waals surface area (Å²) in [6, 6.07) is 12.5. The maximum atomic E-state index is 12.3. The average molecular weight is 336 g/mol. The predicted molar refractivity (Wildman–Crippen MR) is 88.6 cm³/mol. The van der Waals surface area contributed by atoms with Crippen LogP contribution in [0.3, 0.4) is 0 Å². The molecule has 23 heavy (non-hydrogen) atoms. The van der Waals surface area contributed by atoms with E-state index in [1.54, 1.807) is 25.3 Å². The van der Waals surface area contributed by atoms with Crippen molar-refractivity contribution in [2.24, 2.45) is 0 Å². The molecule has 124 valence electrons. The standard InChI is InChI=1S/C16H20N2O4S/c1-22-11-10-17-16(19)8-9-18-23(20,21)15-7-6-13-4-2-3-5-14(13)12-15/h2-7,12,18H,8-11H2,1H3,(H,17,19). The normalized spacial score (nSPS) is 11.5. The van der Waals surface area contributed by atoms with E-state index in [1.807, 2.05) is 24.3 Å². The lowest BCUT2D eigenvalue weighted by Crippen LogP contribution is -2.32. The number of hydrogen-bond acceptors (Lipinski definition) is 4. The Labute approximate surface area is 135 Å². The molecule has 0 saturated carbocycles. The number of benzene rings is 2. The second-order valence-corrected chi connectivity index (χ2v) is 6.77. The van der Waals surface area contributed by atoms with Gasteiger partial charge >= 0.3 is 0 Å². The summed E-state index contributed by atoms with van der Waals surface area (Å²) in [6.07, 6.45) is 0.0799. The maximum Gasteiger partial charge on any atom is 0.240 e. The second-order valence-electron chi connectivity index (χ2n) is 5.00. The van der Waals surface area contributed by atoms with Gasteiger partial charge in [-0.2, -0.15) is 0 Å². The molecule has 6 nitrogen and oxygen atoms in total. The monoisotopic (exact) mass is 336 g/mol. The molecule has 7 heteroatoms. The highest BCUT2D eigenvalue weighted by Gasteiger charge is 2.14. The maximum absolute atomic E-state index is 12.3. The molecule has 0 heterocycles. The number of nitrogens with one attached hydrogen (secondary N) is 2. The first kappa shape index (κ1) is 17.4. The Morgan fingerprint density at radius 2 is 1.83 bits per heavy atom. The fraction of sp³-hybridized carbons (Fsp3) is 0.312. The van der Waals surface area contributed by atoms with Crippen molar-refractivity contribution in [3.8, 4) is 0 Å². The van der Waals surface area contributed by atoms with Gasteiger partial charge in [-0.1, -0.05) is 30.3 Å². The summed E-state index contributed by atoms with van der Waals surface area (Å²) in [6.45, 7) is 0.884. The number of amides is 1. The highest BCUT2D eigenvalue weighted by Crippen LogP contribution is 2.18. The smallest absolute Gasteiger partial charge is 0.240 e. The zero-order chi connectivity index (χ0) is 16.7. The Bertz CT molecular complexity index is 774. The quantitative estimate of drug-likeness (QED) is 0.711. The number of fused-ring (bicyclic) bond motifs is 1. The van der Waals surface area contributed by atoms with Crippen molar-refractivity contribution in [3.63, 3.8) is 0 Å². The van der Waals surface area contributed by atoms with Gasteiger partial charge in [0.25, 0.3) is 0 Å². The van der Waals surface area contributed by atoms with Crippen LogP contribution in [-0.4, -0.2) is 41.1 Å². The van der Waals surface area contributed by atoms with Gasteiger partial charge in [-0.3, -0.25) is 4.79 Å². The molecule has 2 aromatic carbocycles. The number of rotatable bonds is 8. The van der Waals surface area contributed by atoms with Crippen LogP contribution in [0.5, 0.6) is 0 Å². The number of hydrogen-bond donors (Lipinski definition) is 2. The van der Waals surface area contributed by atoms with Crippen molar-refractivity contribution in [2.75, 3.05) is 26.8 Å². The summed E-state index contributed by atoms with van der Waals surface area (Å²) in [7, 11) is -2.08. The zero-order valence-corrected chi connectivity index (χ0v) is 13.7. The van der Waals surface area contributed by atoms with Gasteiger partial charge in [0.1, 0.15) is 0 Å². The fourth-order valence-electron chi connectivity index (χ4n) is 2.10. The summed E-state index contributed by atoms with van der Waals surface area (Å²) >= 11 is 0. The summed E-state index contributed by atoms with van der Waals surface area (Å²) in [4.78, 5) is 11.7. The van der Waals surface area contributed by atoms with Crippen LogP contribution < -0.4 is 10.0 Å². The van der Waals surface area contributed by atoms with Crippen LogP contribution >= 0.6 is 0 Å². The van der Waals surface area contributed by atoms with Gasteiger partial charge in [0.2, 0.25) is 15.9 Å². The third kappa shape index (κ3) is 5.02. The van der Waals surface area contributed by atoms with Gasteiger partial charge in [0.05, 0.1) is 11.5 Å². The van der Waals surface area contributed by atoms with Crippen LogP contribution in [-0.2, 0) is 19.6 Å². The van der Waals surface area contributed by atoms with E-state index in [9.17, 15) is 13.2 Å². The molecule has 2 aromatic rings. The van der Waals surface area contributed by atoms with E-state index in [4.69, 9.17) is 4.74 Å². The Morgan fingerprint density at radius 3 is 2.57 bits per heavy atom. The molecule has 1 amide bonds. The first-order chi connectivity index (χ1) is 11.0. The number of carbonyl (C=O) groups excluding carboxylic acids is 1. The average Bonchev–Trinajstić information content (AvgIpc) is 2.54. The Hall–Kier alpha value is -1.96. The van der Waals surface area contributed by atoms with E-state index in [-0.39, 0.29) is 23.8 Å². The van der Waals surface area contributed by atoms with E-state index in [2.05, 4.69) is 10.0 Å². The first-order valence-corrected chi connectivity index (χ1v) is 8.75. The minimum absolute atomic E-state index is 0.0496. The summed E-state index contributed by atoms with van der Waals surface area (Å²) in [5.41, 5.74) is 0. The number of carbonyl (C=O) groups is 1. The summed E-state index contributed by atoms with van der Waals surface area (Å²) in [5, 5.41) is 4.47. The lowest BCUT2D eigenvalue weighted by molar-refractivity contribution is -0.121. The molecule has 0 atom stereocenters. The molecule has 0 fully saturated rings. The van der Waals surface area contributed by atoms with Crippen LogP contribution in [0, 0.1) is 0 Å². The molecule has 0 radical (unpaired) electrons. The van der Waals surface area contributed by atoms with E-state index in [0.29, 0.717) is 13.2 Å². The predicted octanol–water partition coefficient (Wildman–Crippen LogP) is 1.27. The van der Waals surface area contributed by atoms with Crippen molar-refractivity contribution < 1.29 is 17.9 Å². The molecular weight excluding hydrogens is 316 g/mol. The first-order valence-electron chi connectivity index (χ1n) is 7.27. The zero-order valence-electron chi connectivity index (χ0n) is 12.9. The van der Waals surface area contributed by atoms with E-state index < -0.39 is 10.0 Å². The Balaban J connectivity index is 1.94. The molecule has 0 spiro atoms. The van der Waals surface area contributed by atoms with Gasteiger partial charge in [-0.25, -0.2) is 13.1 Å². The van der Waals surface area contributed by atoms with E-state index in [1.165, 1.54) is 0 Å². The van der Waals surface area contributed by atoms with Crippen LogP contribution in [0.4, 0.5) is 0 Å². The number of sulfonamides is 1. The van der Waals surface area contributed by atoms with Gasteiger partial charge in [0.15, 0.2) is 0 Å². The minimum Gasteiger partial charge on any atom is -0.383 e. The molecule has 0 unspecified atom stereocenters. The number of methoxy groups -OCH3 is 1. The fourth-order valence-corrected chi connectivity index (χ4v) is 3.16. The molecule has 0 saturated heterocycles. The van der Waals surface area contributed by atoms with Crippen molar-refractivity contribution in [1.29, 1.82) is 0 Å². The third-order valence-electron chi connectivity index (χ3n) is 3.30. The largest absolute Gasteiger partial charge is 0.383 e. The van der Waals surface area contributed by atoms with Crippen LogP contribution in [0.25, 0.3) is 10.8 Å². The second kappa shape index (κ2) is 8.05. The van der Waals surface area contributed by atoms with Gasteiger partial charge in [-0.05, 0) is 22.9 Å². The van der Waals surface area contributed by atoms with E-state index in [0.717, 1.165) is 10.8 Å². The van der Waals surface area contributed by atoms with Crippen LogP contribution in [0.2, 0.25) is 0 Å². The van der Waals surface area contributed by atoms with Crippen molar-refractivity contribution >= 4 is 26.7 Å². The molecular formula is C16H20N2O4S. The molecule has 0 aliphatic carbocycles. The van der Waals surface area contributed by atoms with Crippen molar-refractivity contribution in [1.82, 2.24) is 10.0 Å². The highest BCUT2D eigenvalue weighted by atomic mass is 32.2. The highest BCUT2D eigenvalue weighted by molar-refractivity contribution is 7.89. The van der Waals surface area contributed by atoms with Crippen LogP contribution in [0.1, 0.15) is 6.42 Å². The Kier molecular flexibility index (Phi) is 6.09. The molecule has 0 aliphatic rings. The summed E-state index contributed by atoms with van der Waals surface area (Å²) < 4.78 is 31.8.